The molecule has 1 aliphatic heterocycles. The largest absolute Gasteiger partial charge is 0.319 e. The topological polar surface area (TPSA) is 20.3 Å². The SMILES string of the molecule is CC(=O)N1C=C(C)C(C)(C)C1. The van der Waals surface area contributed by atoms with Crippen LogP contribution in [0.25, 0.3) is 0 Å². The summed E-state index contributed by atoms with van der Waals surface area (Å²) in [7, 11) is 0. The van der Waals surface area contributed by atoms with Crippen molar-refractivity contribution in [2.75, 3.05) is 6.54 Å². The van der Waals surface area contributed by atoms with Crippen molar-refractivity contribution in [1.29, 1.82) is 0 Å². The molecule has 1 heterocycles. The van der Waals surface area contributed by atoms with Crippen molar-refractivity contribution in [2.24, 2.45) is 5.41 Å². The zero-order valence-electron chi connectivity index (χ0n) is 7.64. The van der Waals surface area contributed by atoms with Gasteiger partial charge in [0.1, 0.15) is 0 Å². The van der Waals surface area contributed by atoms with Gasteiger partial charge in [-0.15, -0.1) is 0 Å². The van der Waals surface area contributed by atoms with Gasteiger partial charge in [-0.05, 0) is 12.5 Å². The van der Waals surface area contributed by atoms with Crippen LogP contribution in [0.5, 0.6) is 0 Å². The highest BCUT2D eigenvalue weighted by molar-refractivity contribution is 5.75. The van der Waals surface area contributed by atoms with Crippen molar-refractivity contribution < 1.29 is 4.79 Å². The third-order valence-corrected chi connectivity index (χ3v) is 2.39. The monoisotopic (exact) mass is 153 g/mol. The van der Waals surface area contributed by atoms with Crippen molar-refractivity contribution >= 4 is 5.91 Å². The highest BCUT2D eigenvalue weighted by atomic mass is 16.2. The Morgan fingerprint density at radius 2 is 2.18 bits per heavy atom. The summed E-state index contributed by atoms with van der Waals surface area (Å²) in [5.41, 5.74) is 1.46. The summed E-state index contributed by atoms with van der Waals surface area (Å²) in [5, 5.41) is 0. The van der Waals surface area contributed by atoms with Crippen LogP contribution >= 0.6 is 0 Å². The molecule has 0 radical (unpaired) electrons. The minimum atomic E-state index is 0.134. The Balaban J connectivity index is 2.79. The second-order valence-corrected chi connectivity index (χ2v) is 3.84. The molecule has 0 aromatic rings. The number of hydrogen-bond donors (Lipinski definition) is 0. The van der Waals surface area contributed by atoms with E-state index in [0.717, 1.165) is 6.54 Å². The van der Waals surface area contributed by atoms with Gasteiger partial charge in [0, 0.05) is 25.1 Å². The minimum Gasteiger partial charge on any atom is -0.319 e. The minimum absolute atomic E-state index is 0.134. The molecule has 1 amide bonds. The molecule has 2 heteroatoms. The van der Waals surface area contributed by atoms with Gasteiger partial charge in [-0.1, -0.05) is 13.8 Å². The molecule has 0 aromatic carbocycles. The van der Waals surface area contributed by atoms with Gasteiger partial charge in [0.2, 0.25) is 5.91 Å². The summed E-state index contributed by atoms with van der Waals surface area (Å²) in [6.45, 7) is 8.81. The van der Waals surface area contributed by atoms with Crippen LogP contribution in [0.4, 0.5) is 0 Å². The van der Waals surface area contributed by atoms with E-state index >= 15 is 0 Å². The third-order valence-electron chi connectivity index (χ3n) is 2.39. The summed E-state index contributed by atoms with van der Waals surface area (Å²) in [4.78, 5) is 12.7. The van der Waals surface area contributed by atoms with Crippen LogP contribution in [0.2, 0.25) is 0 Å². The highest BCUT2D eigenvalue weighted by Gasteiger charge is 2.30. The van der Waals surface area contributed by atoms with Gasteiger partial charge in [-0.25, -0.2) is 0 Å². The molecule has 0 bridgehead atoms. The van der Waals surface area contributed by atoms with Gasteiger partial charge in [0.15, 0.2) is 0 Å². The van der Waals surface area contributed by atoms with E-state index in [4.69, 9.17) is 0 Å². The van der Waals surface area contributed by atoms with Crippen LogP contribution in [0.15, 0.2) is 11.8 Å². The van der Waals surface area contributed by atoms with Crippen molar-refractivity contribution in [3.05, 3.63) is 11.8 Å². The Labute approximate surface area is 67.9 Å². The second kappa shape index (κ2) is 2.36. The van der Waals surface area contributed by atoms with Crippen LogP contribution in [0.3, 0.4) is 0 Å². The number of carbonyl (C=O) groups is 1. The molecular weight excluding hydrogens is 138 g/mol. The molecule has 0 fully saturated rings. The van der Waals surface area contributed by atoms with E-state index in [0.29, 0.717) is 0 Å². The van der Waals surface area contributed by atoms with E-state index in [1.807, 2.05) is 6.20 Å². The fraction of sp³-hybridized carbons (Fsp3) is 0.667. The number of hydrogen-bond acceptors (Lipinski definition) is 1. The Morgan fingerprint density at radius 1 is 1.64 bits per heavy atom. The maximum atomic E-state index is 11.0. The van der Waals surface area contributed by atoms with Gasteiger partial charge in [0.25, 0.3) is 0 Å². The van der Waals surface area contributed by atoms with E-state index in [1.165, 1.54) is 5.57 Å². The van der Waals surface area contributed by atoms with Gasteiger partial charge >= 0.3 is 0 Å². The van der Waals surface area contributed by atoms with Gasteiger partial charge in [-0.3, -0.25) is 4.79 Å². The molecular formula is C9H15NO. The van der Waals surface area contributed by atoms with Crippen LogP contribution in [-0.2, 0) is 4.79 Å². The first-order valence-electron chi connectivity index (χ1n) is 3.89. The number of rotatable bonds is 0. The van der Waals surface area contributed by atoms with E-state index < -0.39 is 0 Å². The standard InChI is InChI=1S/C9H15NO/c1-7-5-10(8(2)11)6-9(7,3)4/h5H,6H2,1-4H3. The highest BCUT2D eigenvalue weighted by Crippen LogP contribution is 2.32. The molecule has 0 saturated heterocycles. The zero-order chi connectivity index (χ0) is 8.65. The third kappa shape index (κ3) is 1.44. The second-order valence-electron chi connectivity index (χ2n) is 3.84. The van der Waals surface area contributed by atoms with Crippen molar-refractivity contribution in [3.8, 4) is 0 Å². The van der Waals surface area contributed by atoms with Gasteiger partial charge in [-0.2, -0.15) is 0 Å². The molecule has 1 aliphatic rings. The summed E-state index contributed by atoms with van der Waals surface area (Å²) in [6, 6.07) is 0. The maximum absolute atomic E-state index is 11.0. The van der Waals surface area contributed by atoms with Gasteiger partial charge < -0.3 is 4.90 Å². The Kier molecular flexibility index (Phi) is 1.78. The van der Waals surface area contributed by atoms with Crippen LogP contribution in [-0.4, -0.2) is 17.4 Å². The Hall–Kier alpha value is -0.790. The smallest absolute Gasteiger partial charge is 0.223 e. The van der Waals surface area contributed by atoms with E-state index in [1.54, 1.807) is 11.8 Å². The van der Waals surface area contributed by atoms with Crippen LogP contribution in [0, 0.1) is 5.41 Å². The first-order valence-corrected chi connectivity index (χ1v) is 3.89. The molecule has 1 rings (SSSR count). The molecule has 0 atom stereocenters. The molecule has 0 aromatic heterocycles. The molecule has 0 saturated carbocycles. The van der Waals surface area contributed by atoms with Crippen molar-refractivity contribution in [1.82, 2.24) is 4.90 Å². The predicted molar refractivity (Wildman–Crippen MR) is 44.9 cm³/mol. The summed E-state index contributed by atoms with van der Waals surface area (Å²) < 4.78 is 0. The molecule has 0 spiro atoms. The molecule has 2 nitrogen and oxygen atoms in total. The quantitative estimate of drug-likeness (QED) is 0.519. The first-order chi connectivity index (χ1) is 4.93. The van der Waals surface area contributed by atoms with Gasteiger partial charge in [0.05, 0.1) is 0 Å². The number of nitrogens with zero attached hydrogens (tertiary/aromatic N) is 1. The lowest BCUT2D eigenvalue weighted by Crippen LogP contribution is -2.27. The average Bonchev–Trinajstić information content (AvgIpc) is 2.08. The summed E-state index contributed by atoms with van der Waals surface area (Å²) in [5.74, 6) is 0.134. The van der Waals surface area contributed by atoms with E-state index in [-0.39, 0.29) is 11.3 Å². The zero-order valence-corrected chi connectivity index (χ0v) is 7.64. The lowest BCUT2D eigenvalue weighted by Gasteiger charge is -2.20. The number of carbonyl (C=O) groups excluding carboxylic acids is 1. The normalized spacial score (nSPS) is 21.8. The molecule has 0 unspecified atom stereocenters. The van der Waals surface area contributed by atoms with Crippen LogP contribution in [0.1, 0.15) is 27.7 Å². The molecule has 62 valence electrons. The lowest BCUT2D eigenvalue weighted by atomic mass is 9.88. The predicted octanol–water partition coefficient (Wildman–Crippen LogP) is 1.78. The molecule has 0 N–H and O–H groups in total. The van der Waals surface area contributed by atoms with Crippen molar-refractivity contribution in [2.45, 2.75) is 27.7 Å². The number of amides is 1. The van der Waals surface area contributed by atoms with E-state index in [2.05, 4.69) is 20.8 Å². The Bertz CT molecular complexity index is 216. The summed E-state index contributed by atoms with van der Waals surface area (Å²) in [6.07, 6.45) is 1.95. The fourth-order valence-electron chi connectivity index (χ4n) is 1.21. The van der Waals surface area contributed by atoms with Crippen molar-refractivity contribution in [3.63, 3.8) is 0 Å². The average molecular weight is 153 g/mol. The molecule has 11 heavy (non-hydrogen) atoms. The van der Waals surface area contributed by atoms with E-state index in [9.17, 15) is 4.79 Å². The maximum Gasteiger partial charge on any atom is 0.223 e. The van der Waals surface area contributed by atoms with Crippen LogP contribution < -0.4 is 0 Å². The first kappa shape index (κ1) is 8.31. The lowest BCUT2D eigenvalue weighted by molar-refractivity contribution is -0.126. The summed E-state index contributed by atoms with van der Waals surface area (Å²) >= 11 is 0. The Morgan fingerprint density at radius 3 is 2.36 bits per heavy atom. The molecule has 0 aliphatic carbocycles. The fourth-order valence-corrected chi connectivity index (χ4v) is 1.21.